The highest BCUT2D eigenvalue weighted by Gasteiger charge is 2.06. The second-order valence-corrected chi connectivity index (χ2v) is 2.82. The molecule has 1 atom stereocenters. The number of imidazole rings is 1. The van der Waals surface area contributed by atoms with Gasteiger partial charge in [-0.2, -0.15) is 5.26 Å². The van der Waals surface area contributed by atoms with E-state index in [1.54, 1.807) is 6.20 Å². The van der Waals surface area contributed by atoms with E-state index in [4.69, 9.17) is 5.26 Å². The van der Waals surface area contributed by atoms with E-state index < -0.39 is 0 Å². The average Bonchev–Trinajstić information content (AvgIpc) is 2.51. The maximum Gasteiger partial charge on any atom is 0.108 e. The Labute approximate surface area is 72.7 Å². The molecule has 1 rings (SSSR count). The van der Waals surface area contributed by atoms with Gasteiger partial charge in [-0.15, -0.1) is 0 Å². The first-order valence-corrected chi connectivity index (χ1v) is 4.18. The minimum atomic E-state index is 0.243. The third kappa shape index (κ3) is 1.65. The van der Waals surface area contributed by atoms with Crippen molar-refractivity contribution in [3.63, 3.8) is 0 Å². The summed E-state index contributed by atoms with van der Waals surface area (Å²) in [5, 5.41) is 8.52. The minimum absolute atomic E-state index is 0.243. The highest BCUT2D eigenvalue weighted by Crippen LogP contribution is 2.12. The standard InChI is InChI=1S/C9H13N3/c1-3-9-11-6-7-12(9)8(2)4-5-10/h6-8H,3-4H2,1-2H3. The molecule has 0 radical (unpaired) electrons. The second kappa shape index (κ2) is 3.91. The monoisotopic (exact) mass is 163 g/mol. The molecule has 0 N–H and O–H groups in total. The number of nitriles is 1. The first-order chi connectivity index (χ1) is 5.79. The van der Waals surface area contributed by atoms with Gasteiger partial charge in [-0.25, -0.2) is 4.98 Å². The second-order valence-electron chi connectivity index (χ2n) is 2.82. The number of aromatic nitrogens is 2. The van der Waals surface area contributed by atoms with Crippen LogP contribution in [0.15, 0.2) is 12.4 Å². The molecule has 64 valence electrons. The average molecular weight is 163 g/mol. The molecule has 0 aliphatic heterocycles. The van der Waals surface area contributed by atoms with Crippen molar-refractivity contribution in [1.82, 2.24) is 9.55 Å². The first kappa shape index (κ1) is 8.79. The van der Waals surface area contributed by atoms with Crippen LogP contribution in [0.4, 0.5) is 0 Å². The number of rotatable bonds is 3. The van der Waals surface area contributed by atoms with E-state index in [-0.39, 0.29) is 6.04 Å². The minimum Gasteiger partial charge on any atom is -0.331 e. The molecule has 0 spiro atoms. The predicted octanol–water partition coefficient (Wildman–Crippen LogP) is 1.92. The molecule has 0 aromatic carbocycles. The molecule has 1 aromatic rings. The Morgan fingerprint density at radius 3 is 3.08 bits per heavy atom. The first-order valence-electron chi connectivity index (χ1n) is 4.18. The Kier molecular flexibility index (Phi) is 2.87. The Morgan fingerprint density at radius 1 is 1.75 bits per heavy atom. The molecule has 0 aliphatic carbocycles. The van der Waals surface area contributed by atoms with Crippen molar-refractivity contribution < 1.29 is 0 Å². The van der Waals surface area contributed by atoms with Gasteiger partial charge in [0.2, 0.25) is 0 Å². The van der Waals surface area contributed by atoms with E-state index in [9.17, 15) is 0 Å². The van der Waals surface area contributed by atoms with Crippen LogP contribution in [0, 0.1) is 11.3 Å². The predicted molar refractivity (Wildman–Crippen MR) is 46.5 cm³/mol. The van der Waals surface area contributed by atoms with Gasteiger partial charge in [0.05, 0.1) is 12.5 Å². The normalized spacial score (nSPS) is 12.4. The van der Waals surface area contributed by atoms with E-state index in [1.165, 1.54) is 0 Å². The van der Waals surface area contributed by atoms with Crippen molar-refractivity contribution in [3.05, 3.63) is 18.2 Å². The van der Waals surface area contributed by atoms with Crippen LogP contribution >= 0.6 is 0 Å². The molecule has 1 aromatic heterocycles. The van der Waals surface area contributed by atoms with Gasteiger partial charge in [-0.3, -0.25) is 0 Å². The summed E-state index contributed by atoms with van der Waals surface area (Å²) < 4.78 is 2.06. The van der Waals surface area contributed by atoms with E-state index >= 15 is 0 Å². The van der Waals surface area contributed by atoms with Gasteiger partial charge in [-0.05, 0) is 6.92 Å². The maximum atomic E-state index is 8.52. The summed E-state index contributed by atoms with van der Waals surface area (Å²) in [6.45, 7) is 4.10. The molecule has 0 saturated heterocycles. The fraction of sp³-hybridized carbons (Fsp3) is 0.556. The van der Waals surface area contributed by atoms with Gasteiger partial charge in [0.1, 0.15) is 5.82 Å². The molecule has 0 aliphatic rings. The van der Waals surface area contributed by atoms with Crippen LogP contribution in [0.25, 0.3) is 0 Å². The SMILES string of the molecule is CCc1nccn1C(C)CC#N. The van der Waals surface area contributed by atoms with E-state index in [1.807, 2.05) is 13.1 Å². The third-order valence-electron chi connectivity index (χ3n) is 1.93. The van der Waals surface area contributed by atoms with Crippen molar-refractivity contribution in [2.45, 2.75) is 32.7 Å². The summed E-state index contributed by atoms with van der Waals surface area (Å²) in [6.07, 6.45) is 5.18. The summed E-state index contributed by atoms with van der Waals surface area (Å²) in [4.78, 5) is 4.19. The van der Waals surface area contributed by atoms with Crippen LogP contribution in [0.1, 0.15) is 32.1 Å². The lowest BCUT2D eigenvalue weighted by Gasteiger charge is -2.11. The highest BCUT2D eigenvalue weighted by molar-refractivity contribution is 4.95. The summed E-state index contributed by atoms with van der Waals surface area (Å²) in [5.41, 5.74) is 0. The molecule has 3 heteroatoms. The van der Waals surface area contributed by atoms with E-state index in [0.717, 1.165) is 12.2 Å². The van der Waals surface area contributed by atoms with Crippen molar-refractivity contribution in [2.24, 2.45) is 0 Å². The molecular weight excluding hydrogens is 150 g/mol. The van der Waals surface area contributed by atoms with Crippen LogP contribution in [-0.2, 0) is 6.42 Å². The van der Waals surface area contributed by atoms with Crippen LogP contribution < -0.4 is 0 Å². The Balaban J connectivity index is 2.80. The molecule has 1 heterocycles. The fourth-order valence-electron chi connectivity index (χ4n) is 1.25. The maximum absolute atomic E-state index is 8.52. The zero-order chi connectivity index (χ0) is 8.97. The van der Waals surface area contributed by atoms with Gasteiger partial charge in [0.15, 0.2) is 0 Å². The number of nitrogens with zero attached hydrogens (tertiary/aromatic N) is 3. The summed E-state index contributed by atoms with van der Waals surface area (Å²) in [6, 6.07) is 2.40. The Bertz CT molecular complexity index is 282. The Hall–Kier alpha value is -1.30. The van der Waals surface area contributed by atoms with Gasteiger partial charge >= 0.3 is 0 Å². The molecule has 0 fully saturated rings. The van der Waals surface area contributed by atoms with Crippen molar-refractivity contribution in [1.29, 1.82) is 5.26 Å². The lowest BCUT2D eigenvalue weighted by molar-refractivity contribution is 0.536. The smallest absolute Gasteiger partial charge is 0.108 e. The number of aryl methyl sites for hydroxylation is 1. The van der Waals surface area contributed by atoms with Crippen LogP contribution in [-0.4, -0.2) is 9.55 Å². The van der Waals surface area contributed by atoms with Gasteiger partial charge in [0.25, 0.3) is 0 Å². The molecule has 3 nitrogen and oxygen atoms in total. The molecule has 0 amide bonds. The Morgan fingerprint density at radius 2 is 2.50 bits per heavy atom. The third-order valence-corrected chi connectivity index (χ3v) is 1.93. The zero-order valence-electron chi connectivity index (χ0n) is 7.49. The molecule has 1 unspecified atom stereocenters. The molecular formula is C9H13N3. The van der Waals surface area contributed by atoms with Gasteiger partial charge in [0, 0.05) is 24.9 Å². The van der Waals surface area contributed by atoms with Crippen molar-refractivity contribution in [2.75, 3.05) is 0 Å². The highest BCUT2D eigenvalue weighted by atomic mass is 15.1. The van der Waals surface area contributed by atoms with E-state index in [2.05, 4.69) is 22.5 Å². The van der Waals surface area contributed by atoms with Crippen LogP contribution in [0.5, 0.6) is 0 Å². The number of hydrogen-bond donors (Lipinski definition) is 0. The lowest BCUT2D eigenvalue weighted by Crippen LogP contribution is -2.07. The summed E-state index contributed by atoms with van der Waals surface area (Å²) in [5.74, 6) is 1.05. The topological polar surface area (TPSA) is 41.6 Å². The number of hydrogen-bond acceptors (Lipinski definition) is 2. The quantitative estimate of drug-likeness (QED) is 0.683. The molecule has 0 bridgehead atoms. The van der Waals surface area contributed by atoms with Crippen LogP contribution in [0.3, 0.4) is 0 Å². The summed E-state index contributed by atoms with van der Waals surface area (Å²) in [7, 11) is 0. The van der Waals surface area contributed by atoms with Gasteiger partial charge < -0.3 is 4.57 Å². The fourth-order valence-corrected chi connectivity index (χ4v) is 1.25. The van der Waals surface area contributed by atoms with Crippen LogP contribution in [0.2, 0.25) is 0 Å². The van der Waals surface area contributed by atoms with Crippen molar-refractivity contribution >= 4 is 0 Å². The van der Waals surface area contributed by atoms with Crippen molar-refractivity contribution in [3.8, 4) is 6.07 Å². The largest absolute Gasteiger partial charge is 0.331 e. The summed E-state index contributed by atoms with van der Waals surface area (Å²) >= 11 is 0. The molecule has 0 saturated carbocycles. The van der Waals surface area contributed by atoms with Gasteiger partial charge in [-0.1, -0.05) is 6.92 Å². The molecule has 12 heavy (non-hydrogen) atoms. The lowest BCUT2D eigenvalue weighted by atomic mass is 10.2. The van der Waals surface area contributed by atoms with E-state index in [0.29, 0.717) is 6.42 Å². The zero-order valence-corrected chi connectivity index (χ0v) is 7.49.